The smallest absolute Gasteiger partial charge is 0.123 e. The second-order valence-corrected chi connectivity index (χ2v) is 9.98. The highest BCUT2D eigenvalue weighted by Crippen LogP contribution is 2.54. The number of phenols is 4. The summed E-state index contributed by atoms with van der Waals surface area (Å²) in [6.45, 7) is 0. The van der Waals surface area contributed by atoms with Gasteiger partial charge in [-0.25, -0.2) is 0 Å². The van der Waals surface area contributed by atoms with E-state index < -0.39 is 5.41 Å². The summed E-state index contributed by atoms with van der Waals surface area (Å²) in [7, 11) is 0. The topological polar surface area (TPSA) is 80.9 Å². The van der Waals surface area contributed by atoms with Crippen molar-refractivity contribution in [3.8, 4) is 45.3 Å². The Hall–Kier alpha value is -5.48. The first-order valence-electron chi connectivity index (χ1n) is 13.3. The average Bonchev–Trinajstić information content (AvgIpc) is 3.00. The van der Waals surface area contributed by atoms with Crippen molar-refractivity contribution in [1.82, 2.24) is 0 Å². The summed E-state index contributed by atoms with van der Waals surface area (Å²) >= 11 is 0. The van der Waals surface area contributed by atoms with Gasteiger partial charge >= 0.3 is 0 Å². The summed E-state index contributed by atoms with van der Waals surface area (Å²) in [4.78, 5) is 0. The van der Waals surface area contributed by atoms with Crippen molar-refractivity contribution in [2.75, 3.05) is 0 Å². The van der Waals surface area contributed by atoms with Crippen LogP contribution >= 0.6 is 0 Å². The molecule has 0 saturated heterocycles. The van der Waals surface area contributed by atoms with Crippen molar-refractivity contribution in [1.29, 1.82) is 0 Å². The van der Waals surface area contributed by atoms with Crippen LogP contribution < -0.4 is 0 Å². The van der Waals surface area contributed by atoms with Crippen LogP contribution in [0.25, 0.3) is 22.3 Å². The lowest BCUT2D eigenvalue weighted by molar-refractivity contribution is 0.472. The van der Waals surface area contributed by atoms with Crippen LogP contribution in [0.15, 0.2) is 146 Å². The highest BCUT2D eigenvalue weighted by atomic mass is 16.3. The number of hydrogen-bond donors (Lipinski definition) is 4. The van der Waals surface area contributed by atoms with Gasteiger partial charge in [0.25, 0.3) is 0 Å². The monoisotopic (exact) mass is 536 g/mol. The number of phenolic OH excluding ortho intramolecular Hbond substituents is 4. The van der Waals surface area contributed by atoms with E-state index in [1.807, 2.05) is 60.7 Å². The molecule has 41 heavy (non-hydrogen) atoms. The third-order valence-corrected chi connectivity index (χ3v) is 7.62. The predicted octanol–water partition coefficient (Wildman–Crippen LogP) is 8.23. The minimum absolute atomic E-state index is 0.0933. The first-order valence-corrected chi connectivity index (χ1v) is 13.3. The first-order chi connectivity index (χ1) is 20.0. The van der Waals surface area contributed by atoms with Gasteiger partial charge in [-0.1, -0.05) is 109 Å². The van der Waals surface area contributed by atoms with Crippen LogP contribution in [-0.2, 0) is 5.41 Å². The summed E-state index contributed by atoms with van der Waals surface area (Å²) in [5.41, 5.74) is 5.14. The summed E-state index contributed by atoms with van der Waals surface area (Å²) in [5.74, 6) is 0.447. The number of hydrogen-bond acceptors (Lipinski definition) is 4. The van der Waals surface area contributed by atoms with Crippen molar-refractivity contribution in [2.45, 2.75) is 5.41 Å². The minimum atomic E-state index is -1.01. The molecule has 0 spiro atoms. The zero-order valence-electron chi connectivity index (χ0n) is 22.1. The molecule has 6 aromatic rings. The fourth-order valence-electron chi connectivity index (χ4n) is 5.88. The van der Waals surface area contributed by atoms with Crippen LogP contribution in [0, 0.1) is 0 Å². The van der Waals surface area contributed by atoms with Crippen LogP contribution in [0.3, 0.4) is 0 Å². The molecular formula is C37H28O4. The maximum absolute atomic E-state index is 11.4. The fraction of sp³-hybridized carbons (Fsp3) is 0.0270. The number of benzene rings is 6. The zero-order valence-corrected chi connectivity index (χ0v) is 22.1. The van der Waals surface area contributed by atoms with E-state index in [9.17, 15) is 20.4 Å². The van der Waals surface area contributed by atoms with Gasteiger partial charge in [0.1, 0.15) is 23.0 Å². The Bertz CT molecular complexity index is 1660. The normalized spacial score (nSPS) is 11.3. The van der Waals surface area contributed by atoms with Gasteiger partial charge in [-0.05, 0) is 69.8 Å². The Morgan fingerprint density at radius 3 is 1.07 bits per heavy atom. The molecule has 0 aromatic heterocycles. The molecule has 0 aliphatic carbocycles. The summed E-state index contributed by atoms with van der Waals surface area (Å²) in [6, 6.07) is 44.7. The molecule has 0 atom stereocenters. The molecule has 200 valence electrons. The van der Waals surface area contributed by atoms with E-state index in [1.54, 1.807) is 60.7 Å². The van der Waals surface area contributed by atoms with E-state index in [-0.39, 0.29) is 23.0 Å². The molecule has 4 N–H and O–H groups in total. The van der Waals surface area contributed by atoms with Gasteiger partial charge < -0.3 is 20.4 Å². The van der Waals surface area contributed by atoms with Gasteiger partial charge in [-0.3, -0.25) is 0 Å². The maximum Gasteiger partial charge on any atom is 0.123 e. The van der Waals surface area contributed by atoms with Gasteiger partial charge in [0, 0.05) is 11.1 Å². The fourth-order valence-corrected chi connectivity index (χ4v) is 5.88. The molecule has 4 nitrogen and oxygen atoms in total. The molecule has 0 saturated carbocycles. The lowest BCUT2D eigenvalue weighted by Crippen LogP contribution is -2.32. The van der Waals surface area contributed by atoms with Crippen LogP contribution in [0.4, 0.5) is 0 Å². The van der Waals surface area contributed by atoms with Gasteiger partial charge in [-0.2, -0.15) is 0 Å². The number of rotatable bonds is 6. The average molecular weight is 537 g/mol. The Morgan fingerprint density at radius 2 is 0.707 bits per heavy atom. The summed E-state index contributed by atoms with van der Waals surface area (Å²) in [5, 5.41) is 43.0. The molecule has 0 amide bonds. The lowest BCUT2D eigenvalue weighted by Gasteiger charge is -2.40. The van der Waals surface area contributed by atoms with E-state index in [0.29, 0.717) is 11.1 Å². The summed E-state index contributed by atoms with van der Waals surface area (Å²) in [6.07, 6.45) is 0. The van der Waals surface area contributed by atoms with E-state index in [4.69, 9.17) is 0 Å². The maximum atomic E-state index is 11.4. The molecule has 6 rings (SSSR count). The molecule has 0 unspecified atom stereocenters. The van der Waals surface area contributed by atoms with Crippen molar-refractivity contribution < 1.29 is 20.4 Å². The van der Waals surface area contributed by atoms with Crippen LogP contribution in [0.1, 0.15) is 22.3 Å². The van der Waals surface area contributed by atoms with Crippen molar-refractivity contribution in [3.05, 3.63) is 168 Å². The van der Waals surface area contributed by atoms with E-state index in [2.05, 4.69) is 24.3 Å². The second kappa shape index (κ2) is 10.6. The molecule has 0 heterocycles. The van der Waals surface area contributed by atoms with Gasteiger partial charge in [0.15, 0.2) is 0 Å². The van der Waals surface area contributed by atoms with Gasteiger partial charge in [-0.15, -0.1) is 0 Å². The highest BCUT2D eigenvalue weighted by molar-refractivity contribution is 5.84. The molecule has 0 bridgehead atoms. The predicted molar refractivity (Wildman–Crippen MR) is 162 cm³/mol. The van der Waals surface area contributed by atoms with E-state index in [0.717, 1.165) is 33.4 Å². The zero-order chi connectivity index (χ0) is 28.4. The molecule has 6 aromatic carbocycles. The Morgan fingerprint density at radius 1 is 0.341 bits per heavy atom. The third kappa shape index (κ3) is 4.46. The lowest BCUT2D eigenvalue weighted by atomic mass is 9.62. The minimum Gasteiger partial charge on any atom is -0.508 e. The number of aromatic hydroxyl groups is 4. The Kier molecular flexibility index (Phi) is 6.66. The van der Waals surface area contributed by atoms with Crippen LogP contribution in [0.5, 0.6) is 23.0 Å². The molecule has 0 aliphatic heterocycles. The molecular weight excluding hydrogens is 508 g/mol. The van der Waals surface area contributed by atoms with Crippen molar-refractivity contribution in [2.24, 2.45) is 0 Å². The Labute approximate surface area is 238 Å². The largest absolute Gasteiger partial charge is 0.508 e. The SMILES string of the molecule is Oc1ccc(-c2c(O)cccc2C(c2ccccc2)(c2ccccc2)c2cccc(O)c2-c2ccc(O)cc2)cc1. The molecule has 0 fully saturated rings. The van der Waals surface area contributed by atoms with E-state index >= 15 is 0 Å². The van der Waals surface area contributed by atoms with Crippen molar-refractivity contribution >= 4 is 0 Å². The van der Waals surface area contributed by atoms with Crippen LogP contribution in [0.2, 0.25) is 0 Å². The Balaban J connectivity index is 1.83. The van der Waals surface area contributed by atoms with Crippen LogP contribution in [-0.4, -0.2) is 20.4 Å². The molecule has 4 heteroatoms. The highest BCUT2D eigenvalue weighted by Gasteiger charge is 2.43. The standard InChI is InChI=1S/C37H28O4/c38-29-21-17-25(18-22-29)35-31(13-7-15-33(35)40)37(27-9-3-1-4-10-27,28-11-5-2-6-12-28)32-14-8-16-34(41)36(32)26-19-23-30(39)24-20-26/h1-24,38-41H. The van der Waals surface area contributed by atoms with E-state index in [1.165, 1.54) is 0 Å². The summed E-state index contributed by atoms with van der Waals surface area (Å²) < 4.78 is 0. The molecule has 0 aliphatic rings. The first kappa shape index (κ1) is 25.8. The third-order valence-electron chi connectivity index (χ3n) is 7.62. The van der Waals surface area contributed by atoms with Gasteiger partial charge in [0.2, 0.25) is 0 Å². The van der Waals surface area contributed by atoms with Crippen molar-refractivity contribution in [3.63, 3.8) is 0 Å². The molecule has 0 radical (unpaired) electrons. The van der Waals surface area contributed by atoms with Gasteiger partial charge in [0.05, 0.1) is 5.41 Å². The second-order valence-electron chi connectivity index (χ2n) is 9.98. The quantitative estimate of drug-likeness (QED) is 0.162.